The van der Waals surface area contributed by atoms with Gasteiger partial charge in [0, 0.05) is 26.2 Å². The molecule has 0 saturated carbocycles. The Bertz CT molecular complexity index is 341. The first-order valence-corrected chi connectivity index (χ1v) is 8.55. The zero-order valence-corrected chi connectivity index (χ0v) is 15.3. The third kappa shape index (κ3) is 7.45. The number of ether oxygens (including phenoxy) is 1. The fourth-order valence-electron chi connectivity index (χ4n) is 2.86. The molecule has 0 aromatic rings. The molecule has 1 fully saturated rings. The predicted octanol–water partition coefficient (Wildman–Crippen LogP) is 2.56. The van der Waals surface area contributed by atoms with Crippen LogP contribution in [0.4, 0.5) is 4.79 Å². The molecule has 1 amide bonds. The van der Waals surface area contributed by atoms with E-state index in [9.17, 15) is 4.79 Å². The Hall–Kier alpha value is -0.810. The summed E-state index contributed by atoms with van der Waals surface area (Å²) in [6.45, 7) is 12.0. The first kappa shape index (κ1) is 19.2. The van der Waals surface area contributed by atoms with E-state index in [1.165, 1.54) is 25.9 Å². The van der Waals surface area contributed by atoms with Gasteiger partial charge in [0.25, 0.3) is 0 Å². The summed E-state index contributed by atoms with van der Waals surface area (Å²) in [5.74, 6) is 0.738. The van der Waals surface area contributed by atoms with Crippen LogP contribution in [0, 0.1) is 5.92 Å². The van der Waals surface area contributed by atoms with Crippen molar-refractivity contribution in [1.29, 1.82) is 0 Å². The van der Waals surface area contributed by atoms with Crippen LogP contribution in [0.1, 0.15) is 47.0 Å². The van der Waals surface area contributed by atoms with Crippen molar-refractivity contribution in [2.45, 2.75) is 58.6 Å². The van der Waals surface area contributed by atoms with E-state index in [0.29, 0.717) is 6.04 Å². The quantitative estimate of drug-likeness (QED) is 0.766. The minimum atomic E-state index is -0.425. The van der Waals surface area contributed by atoms with Crippen LogP contribution in [0.25, 0.3) is 0 Å². The summed E-state index contributed by atoms with van der Waals surface area (Å²) in [6.07, 6.45) is 3.32. The Morgan fingerprint density at radius 1 is 1.45 bits per heavy atom. The van der Waals surface area contributed by atoms with E-state index in [0.717, 1.165) is 25.4 Å². The van der Waals surface area contributed by atoms with Crippen molar-refractivity contribution in [1.82, 2.24) is 15.1 Å². The van der Waals surface area contributed by atoms with Gasteiger partial charge in [-0.1, -0.05) is 0 Å². The number of likely N-dealkylation sites (tertiary alicyclic amines) is 1. The molecule has 1 N–H and O–H groups in total. The maximum atomic E-state index is 11.8. The van der Waals surface area contributed by atoms with Crippen molar-refractivity contribution in [3.05, 3.63) is 0 Å². The van der Waals surface area contributed by atoms with Crippen LogP contribution in [0.15, 0.2) is 0 Å². The Morgan fingerprint density at radius 3 is 2.73 bits per heavy atom. The minimum absolute atomic E-state index is 0.241. The summed E-state index contributed by atoms with van der Waals surface area (Å²) in [5, 5.41) is 3.61. The highest BCUT2D eigenvalue weighted by Gasteiger charge is 2.22. The number of carbonyl (C=O) groups is 1. The van der Waals surface area contributed by atoms with Gasteiger partial charge in [-0.15, -0.1) is 0 Å². The molecule has 0 aliphatic carbocycles. The second-order valence-electron chi connectivity index (χ2n) is 7.66. The molecule has 1 aliphatic heterocycles. The molecule has 0 radical (unpaired) electrons. The zero-order chi connectivity index (χ0) is 16.8. The second-order valence-corrected chi connectivity index (χ2v) is 7.66. The lowest BCUT2D eigenvalue weighted by molar-refractivity contribution is 0.0297. The van der Waals surface area contributed by atoms with Gasteiger partial charge in [-0.3, -0.25) is 0 Å². The highest BCUT2D eigenvalue weighted by atomic mass is 16.6. The third-order valence-corrected chi connectivity index (χ3v) is 4.21. The molecule has 1 saturated heterocycles. The first-order chi connectivity index (χ1) is 10.2. The molecule has 22 heavy (non-hydrogen) atoms. The lowest BCUT2D eigenvalue weighted by Crippen LogP contribution is -2.43. The van der Waals surface area contributed by atoms with E-state index in [1.54, 1.807) is 11.9 Å². The smallest absolute Gasteiger partial charge is 0.410 e. The summed E-state index contributed by atoms with van der Waals surface area (Å²) < 4.78 is 5.35. The van der Waals surface area contributed by atoms with Gasteiger partial charge in [-0.2, -0.15) is 0 Å². The van der Waals surface area contributed by atoms with Gasteiger partial charge in [0.05, 0.1) is 0 Å². The normalized spacial score (nSPS) is 21.5. The lowest BCUT2D eigenvalue weighted by Gasteiger charge is -2.34. The summed E-state index contributed by atoms with van der Waals surface area (Å²) in [5.41, 5.74) is -0.425. The van der Waals surface area contributed by atoms with Gasteiger partial charge in [0.2, 0.25) is 0 Å². The summed E-state index contributed by atoms with van der Waals surface area (Å²) in [4.78, 5) is 15.9. The van der Waals surface area contributed by atoms with Gasteiger partial charge in [-0.25, -0.2) is 4.79 Å². The maximum absolute atomic E-state index is 11.8. The van der Waals surface area contributed by atoms with Gasteiger partial charge in [0.1, 0.15) is 5.60 Å². The van der Waals surface area contributed by atoms with E-state index < -0.39 is 5.60 Å². The number of nitrogens with zero attached hydrogens (tertiary/aromatic N) is 2. The molecule has 0 spiro atoms. The molecule has 1 heterocycles. The number of amides is 1. The fraction of sp³-hybridized carbons (Fsp3) is 0.941. The highest BCUT2D eigenvalue weighted by Crippen LogP contribution is 2.18. The number of rotatable bonds is 6. The van der Waals surface area contributed by atoms with Crippen LogP contribution in [0.5, 0.6) is 0 Å². The number of hydrogen-bond acceptors (Lipinski definition) is 4. The van der Waals surface area contributed by atoms with E-state index >= 15 is 0 Å². The molecule has 0 bridgehead atoms. The average Bonchev–Trinajstić information content (AvgIpc) is 2.41. The Labute approximate surface area is 136 Å². The summed E-state index contributed by atoms with van der Waals surface area (Å²) in [6, 6.07) is 0.537. The monoisotopic (exact) mass is 313 g/mol. The number of nitrogens with one attached hydrogen (secondary N) is 1. The molecule has 1 rings (SSSR count). The van der Waals surface area contributed by atoms with Crippen molar-refractivity contribution < 1.29 is 9.53 Å². The van der Waals surface area contributed by atoms with Crippen LogP contribution in [-0.2, 0) is 4.74 Å². The minimum Gasteiger partial charge on any atom is -0.444 e. The summed E-state index contributed by atoms with van der Waals surface area (Å²) >= 11 is 0. The molecule has 130 valence electrons. The van der Waals surface area contributed by atoms with Crippen molar-refractivity contribution in [2.75, 3.05) is 40.3 Å². The third-order valence-electron chi connectivity index (χ3n) is 4.21. The van der Waals surface area contributed by atoms with Crippen molar-refractivity contribution in [2.24, 2.45) is 5.92 Å². The van der Waals surface area contributed by atoms with Crippen molar-refractivity contribution in [3.63, 3.8) is 0 Å². The summed E-state index contributed by atoms with van der Waals surface area (Å²) in [7, 11) is 4.00. The fourth-order valence-corrected chi connectivity index (χ4v) is 2.86. The Morgan fingerprint density at radius 2 is 2.14 bits per heavy atom. The molecular formula is C17H35N3O2. The van der Waals surface area contributed by atoms with Crippen LogP contribution >= 0.6 is 0 Å². The first-order valence-electron chi connectivity index (χ1n) is 8.55. The van der Waals surface area contributed by atoms with E-state index in [2.05, 4.69) is 24.2 Å². The van der Waals surface area contributed by atoms with Crippen LogP contribution < -0.4 is 5.32 Å². The van der Waals surface area contributed by atoms with Gasteiger partial charge >= 0.3 is 6.09 Å². The van der Waals surface area contributed by atoms with E-state index in [4.69, 9.17) is 4.74 Å². The van der Waals surface area contributed by atoms with Crippen molar-refractivity contribution in [3.8, 4) is 0 Å². The standard InChI is InChI=1S/C17H35N3O2/c1-14(15-9-7-11-19(5)13-15)18-10-8-12-20(6)16(21)22-17(2,3)4/h14-15,18H,7-13H2,1-6H3. The molecule has 1 aliphatic rings. The predicted molar refractivity (Wildman–Crippen MR) is 91.2 cm³/mol. The van der Waals surface area contributed by atoms with E-state index in [1.807, 2.05) is 20.8 Å². The van der Waals surface area contributed by atoms with Crippen LogP contribution in [0.3, 0.4) is 0 Å². The molecular weight excluding hydrogens is 278 g/mol. The largest absolute Gasteiger partial charge is 0.444 e. The maximum Gasteiger partial charge on any atom is 0.410 e. The molecule has 5 nitrogen and oxygen atoms in total. The zero-order valence-electron chi connectivity index (χ0n) is 15.3. The molecule has 2 unspecified atom stereocenters. The van der Waals surface area contributed by atoms with Gasteiger partial charge in [0.15, 0.2) is 0 Å². The number of carbonyl (C=O) groups excluding carboxylic acids is 1. The number of hydrogen-bond donors (Lipinski definition) is 1. The molecule has 0 aromatic heterocycles. The molecule has 5 heteroatoms. The van der Waals surface area contributed by atoms with Crippen LogP contribution in [-0.4, -0.2) is 67.8 Å². The average molecular weight is 313 g/mol. The second kappa shape index (κ2) is 8.73. The van der Waals surface area contributed by atoms with Crippen LogP contribution in [0.2, 0.25) is 0 Å². The molecule has 2 atom stereocenters. The topological polar surface area (TPSA) is 44.8 Å². The van der Waals surface area contributed by atoms with Crippen molar-refractivity contribution >= 4 is 6.09 Å². The molecule has 0 aromatic carbocycles. The van der Waals surface area contributed by atoms with E-state index in [-0.39, 0.29) is 6.09 Å². The SMILES string of the molecule is CC(NCCCN(C)C(=O)OC(C)(C)C)C1CCCN(C)C1. The number of piperidine rings is 1. The lowest BCUT2D eigenvalue weighted by atomic mass is 9.92. The Balaban J connectivity index is 2.17. The van der Waals surface area contributed by atoms with Gasteiger partial charge in [-0.05, 0) is 73.0 Å². The van der Waals surface area contributed by atoms with Gasteiger partial charge < -0.3 is 19.9 Å². The highest BCUT2D eigenvalue weighted by molar-refractivity contribution is 5.67. The Kier molecular flexibility index (Phi) is 7.63.